The molecule has 1 amide bonds. The molecule has 0 radical (unpaired) electrons. The summed E-state index contributed by atoms with van der Waals surface area (Å²) in [4.78, 5) is 16.3. The molecule has 0 atom stereocenters. The fourth-order valence-electron chi connectivity index (χ4n) is 2.70. The highest BCUT2D eigenvalue weighted by Gasteiger charge is 2.24. The van der Waals surface area contributed by atoms with Gasteiger partial charge in [0.05, 0.1) is 12.8 Å². The molecule has 21 heavy (non-hydrogen) atoms. The fraction of sp³-hybridized carbons (Fsp3) is 0.929. The summed E-state index contributed by atoms with van der Waals surface area (Å²) < 4.78 is 25.1. The summed E-state index contributed by atoms with van der Waals surface area (Å²) in [7, 11) is -3.14. The summed E-state index contributed by atoms with van der Waals surface area (Å²) in [5.74, 6) is 0.188. The molecule has 1 aliphatic rings. The molecular weight excluding hydrogens is 290 g/mol. The lowest BCUT2D eigenvalue weighted by atomic mass is 10.1. The maximum absolute atomic E-state index is 12.3. The Balaban J connectivity index is 2.39. The number of sulfonamides is 1. The molecule has 124 valence electrons. The molecule has 0 aromatic heterocycles. The van der Waals surface area contributed by atoms with Gasteiger partial charge >= 0.3 is 0 Å². The van der Waals surface area contributed by atoms with E-state index in [0.29, 0.717) is 6.54 Å². The first-order valence-electron chi connectivity index (χ1n) is 7.83. The van der Waals surface area contributed by atoms with Gasteiger partial charge < -0.3 is 4.90 Å². The highest BCUT2D eigenvalue weighted by atomic mass is 32.2. The quantitative estimate of drug-likeness (QED) is 0.713. The van der Waals surface area contributed by atoms with Crippen LogP contribution in [-0.2, 0) is 14.8 Å². The summed E-state index contributed by atoms with van der Waals surface area (Å²) in [5, 5.41) is 0. The number of carbonyl (C=O) groups is 1. The van der Waals surface area contributed by atoms with Gasteiger partial charge in [0.1, 0.15) is 0 Å². The fourth-order valence-corrected chi connectivity index (χ4v) is 3.55. The normalized spacial score (nSPS) is 17.9. The topological polar surface area (TPSA) is 69.7 Å². The van der Waals surface area contributed by atoms with Gasteiger partial charge in [0.15, 0.2) is 0 Å². The van der Waals surface area contributed by atoms with Crippen LogP contribution in [0.15, 0.2) is 0 Å². The third-order valence-electron chi connectivity index (χ3n) is 3.67. The molecule has 1 N–H and O–H groups in total. The summed E-state index contributed by atoms with van der Waals surface area (Å²) >= 11 is 0. The smallest absolute Gasteiger partial charge is 0.236 e. The lowest BCUT2D eigenvalue weighted by Crippen LogP contribution is -2.48. The van der Waals surface area contributed by atoms with E-state index in [2.05, 4.69) is 23.5 Å². The highest BCUT2D eigenvalue weighted by Crippen LogP contribution is 2.11. The molecule has 0 aromatic carbocycles. The molecule has 0 aliphatic carbocycles. The molecule has 1 heterocycles. The number of rotatable bonds is 8. The van der Waals surface area contributed by atoms with E-state index in [-0.39, 0.29) is 11.9 Å². The third kappa shape index (κ3) is 7.24. The van der Waals surface area contributed by atoms with Crippen LogP contribution in [0.3, 0.4) is 0 Å². The monoisotopic (exact) mass is 319 g/mol. The predicted octanol–water partition coefficient (Wildman–Crippen LogP) is 0.649. The number of hydrogen-bond donors (Lipinski definition) is 1. The molecule has 1 fully saturated rings. The number of amides is 1. The van der Waals surface area contributed by atoms with Gasteiger partial charge in [0.25, 0.3) is 0 Å². The maximum atomic E-state index is 12.3. The Hall–Kier alpha value is -0.660. The number of likely N-dealkylation sites (tertiary alicyclic amines) is 1. The summed E-state index contributed by atoms with van der Waals surface area (Å²) in [6, 6.07) is 0.00809. The second kappa shape index (κ2) is 8.70. The molecule has 7 heteroatoms. The molecule has 1 aliphatic heterocycles. The van der Waals surface area contributed by atoms with Crippen LogP contribution < -0.4 is 4.72 Å². The Morgan fingerprint density at radius 3 is 2.14 bits per heavy atom. The van der Waals surface area contributed by atoms with Gasteiger partial charge in [-0.3, -0.25) is 9.69 Å². The summed E-state index contributed by atoms with van der Waals surface area (Å²) in [6.07, 6.45) is 4.68. The van der Waals surface area contributed by atoms with Gasteiger partial charge in [-0.1, -0.05) is 13.8 Å². The van der Waals surface area contributed by atoms with Gasteiger partial charge in [-0.25, -0.2) is 13.1 Å². The van der Waals surface area contributed by atoms with Crippen molar-refractivity contribution in [3.8, 4) is 0 Å². The Labute approximate surface area is 128 Å². The van der Waals surface area contributed by atoms with E-state index in [4.69, 9.17) is 0 Å². The second-order valence-electron chi connectivity index (χ2n) is 5.82. The maximum Gasteiger partial charge on any atom is 0.236 e. The Morgan fingerprint density at radius 1 is 1.19 bits per heavy atom. The number of nitrogens with zero attached hydrogens (tertiary/aromatic N) is 2. The molecule has 6 nitrogen and oxygen atoms in total. The second-order valence-corrected chi connectivity index (χ2v) is 7.60. The van der Waals surface area contributed by atoms with E-state index in [1.807, 2.05) is 4.90 Å². The average Bonchev–Trinajstić information content (AvgIpc) is 2.39. The van der Waals surface area contributed by atoms with Crippen LogP contribution in [0.2, 0.25) is 0 Å². The average molecular weight is 319 g/mol. The standard InChI is InChI=1S/C14H29N3O3S/c1-4-8-17(9-5-2)14(18)12-16-10-6-13(7-11-16)15-21(3,19)20/h13,15H,4-12H2,1-3H3. The van der Waals surface area contributed by atoms with Crippen molar-refractivity contribution in [2.45, 2.75) is 45.6 Å². The molecule has 0 aromatic rings. The Kier molecular flexibility index (Phi) is 7.62. The van der Waals surface area contributed by atoms with Crippen LogP contribution >= 0.6 is 0 Å². The minimum Gasteiger partial charge on any atom is -0.342 e. The van der Waals surface area contributed by atoms with Crippen molar-refractivity contribution in [1.82, 2.24) is 14.5 Å². The SMILES string of the molecule is CCCN(CCC)C(=O)CN1CCC(NS(C)(=O)=O)CC1. The lowest BCUT2D eigenvalue weighted by Gasteiger charge is -2.33. The van der Waals surface area contributed by atoms with Crippen molar-refractivity contribution in [2.24, 2.45) is 0 Å². The first-order valence-corrected chi connectivity index (χ1v) is 9.72. The van der Waals surface area contributed by atoms with E-state index >= 15 is 0 Å². The molecule has 0 bridgehead atoms. The molecule has 1 rings (SSSR count). The minimum atomic E-state index is -3.14. The highest BCUT2D eigenvalue weighted by molar-refractivity contribution is 7.88. The number of hydrogen-bond acceptors (Lipinski definition) is 4. The number of carbonyl (C=O) groups excluding carboxylic acids is 1. The van der Waals surface area contributed by atoms with Crippen LogP contribution in [0.5, 0.6) is 0 Å². The van der Waals surface area contributed by atoms with E-state index in [9.17, 15) is 13.2 Å². The van der Waals surface area contributed by atoms with E-state index < -0.39 is 10.0 Å². The number of nitrogens with one attached hydrogen (secondary N) is 1. The van der Waals surface area contributed by atoms with Gasteiger partial charge in [0, 0.05) is 32.2 Å². The van der Waals surface area contributed by atoms with E-state index in [1.54, 1.807) is 0 Å². The van der Waals surface area contributed by atoms with Crippen molar-refractivity contribution >= 4 is 15.9 Å². The van der Waals surface area contributed by atoms with Gasteiger partial charge in [-0.2, -0.15) is 0 Å². The molecule has 1 saturated heterocycles. The first kappa shape index (κ1) is 18.4. The molecule has 0 saturated carbocycles. The van der Waals surface area contributed by atoms with E-state index in [1.165, 1.54) is 6.26 Å². The van der Waals surface area contributed by atoms with Crippen molar-refractivity contribution in [3.63, 3.8) is 0 Å². The van der Waals surface area contributed by atoms with Gasteiger partial charge in [-0.15, -0.1) is 0 Å². The predicted molar refractivity (Wildman–Crippen MR) is 84.6 cm³/mol. The zero-order valence-corrected chi connectivity index (χ0v) is 14.3. The van der Waals surface area contributed by atoms with Crippen molar-refractivity contribution in [3.05, 3.63) is 0 Å². The molecule has 0 unspecified atom stereocenters. The zero-order valence-electron chi connectivity index (χ0n) is 13.5. The Bertz CT molecular complexity index is 411. The first-order chi connectivity index (χ1) is 9.85. The van der Waals surface area contributed by atoms with Gasteiger partial charge in [-0.05, 0) is 25.7 Å². The third-order valence-corrected chi connectivity index (χ3v) is 4.43. The van der Waals surface area contributed by atoms with Crippen LogP contribution in [0.4, 0.5) is 0 Å². The van der Waals surface area contributed by atoms with E-state index in [0.717, 1.165) is 51.9 Å². The van der Waals surface area contributed by atoms with Crippen molar-refractivity contribution in [1.29, 1.82) is 0 Å². The lowest BCUT2D eigenvalue weighted by molar-refractivity contribution is -0.132. The van der Waals surface area contributed by atoms with Crippen LogP contribution in [0.25, 0.3) is 0 Å². The zero-order chi connectivity index (χ0) is 15.9. The Morgan fingerprint density at radius 2 is 1.71 bits per heavy atom. The molecule has 0 spiro atoms. The molecular formula is C14H29N3O3S. The summed E-state index contributed by atoms with van der Waals surface area (Å²) in [5.41, 5.74) is 0. The summed E-state index contributed by atoms with van der Waals surface area (Å²) in [6.45, 7) is 7.79. The largest absolute Gasteiger partial charge is 0.342 e. The van der Waals surface area contributed by atoms with Crippen molar-refractivity contribution < 1.29 is 13.2 Å². The van der Waals surface area contributed by atoms with Crippen molar-refractivity contribution in [2.75, 3.05) is 39.0 Å². The minimum absolute atomic E-state index is 0.00809. The van der Waals surface area contributed by atoms with Gasteiger partial charge in [0.2, 0.25) is 15.9 Å². The number of piperidine rings is 1. The van der Waals surface area contributed by atoms with Crippen LogP contribution in [0, 0.1) is 0 Å². The van der Waals surface area contributed by atoms with Crippen LogP contribution in [0.1, 0.15) is 39.5 Å². The van der Waals surface area contributed by atoms with Crippen LogP contribution in [-0.4, -0.2) is 69.1 Å².